The van der Waals surface area contributed by atoms with Crippen molar-refractivity contribution in [2.24, 2.45) is 5.92 Å². The smallest absolute Gasteiger partial charge is 0.263 e. The first-order chi connectivity index (χ1) is 18.5. The van der Waals surface area contributed by atoms with Gasteiger partial charge in [0.25, 0.3) is 5.56 Å². The van der Waals surface area contributed by atoms with Crippen LogP contribution in [0.5, 0.6) is 0 Å². The molecule has 0 spiro atoms. The maximum atomic E-state index is 14.1. The molecular weight excluding hydrogens is 478 g/mol. The van der Waals surface area contributed by atoms with Crippen LogP contribution in [0, 0.1) is 5.92 Å². The number of carbonyl (C=O) groups excluding carboxylic acids is 1. The van der Waals surface area contributed by atoms with Crippen molar-refractivity contribution in [3.63, 3.8) is 0 Å². The van der Waals surface area contributed by atoms with Crippen LogP contribution in [0.1, 0.15) is 35.6 Å². The van der Waals surface area contributed by atoms with Crippen molar-refractivity contribution in [1.82, 2.24) is 19.4 Å². The highest BCUT2D eigenvalue weighted by molar-refractivity contribution is 5.87. The number of nitrogen functional groups attached to an aromatic ring is 1. The summed E-state index contributed by atoms with van der Waals surface area (Å²) in [5.74, 6) is 1.04. The number of pyridine rings is 1. The van der Waals surface area contributed by atoms with E-state index >= 15 is 0 Å². The Hall–Kier alpha value is -4.30. The van der Waals surface area contributed by atoms with Crippen LogP contribution < -0.4 is 11.3 Å². The molecule has 6 rings (SSSR count). The lowest BCUT2D eigenvalue weighted by Crippen LogP contribution is -2.50. The van der Waals surface area contributed by atoms with Crippen LogP contribution in [-0.4, -0.2) is 43.5 Å². The number of aromatic nitrogens is 3. The van der Waals surface area contributed by atoms with Gasteiger partial charge in [-0.25, -0.2) is 9.97 Å². The first kappa shape index (κ1) is 24.1. The van der Waals surface area contributed by atoms with Gasteiger partial charge in [0.2, 0.25) is 5.91 Å². The van der Waals surface area contributed by atoms with Crippen molar-refractivity contribution in [3.05, 3.63) is 94.7 Å². The Morgan fingerprint density at radius 1 is 1.13 bits per heavy atom. The van der Waals surface area contributed by atoms with Crippen LogP contribution in [0.4, 0.5) is 5.82 Å². The fraction of sp³-hybridized carbons (Fsp3) is 0.267. The van der Waals surface area contributed by atoms with E-state index in [1.165, 1.54) is 30.8 Å². The van der Waals surface area contributed by atoms with Crippen molar-refractivity contribution in [2.45, 2.75) is 31.8 Å². The molecule has 0 radical (unpaired) electrons. The molecule has 0 unspecified atom stereocenters. The highest BCUT2D eigenvalue weighted by atomic mass is 16.3. The van der Waals surface area contributed by atoms with Crippen LogP contribution in [0.15, 0.2) is 72.3 Å². The molecule has 1 saturated heterocycles. The third kappa shape index (κ3) is 4.26. The number of likely N-dealkylation sites (tertiary alicyclic amines) is 1. The Balaban J connectivity index is 1.51. The molecule has 1 aliphatic heterocycles. The number of anilines is 1. The summed E-state index contributed by atoms with van der Waals surface area (Å²) in [6.45, 7) is 4.53. The number of hydrogen-bond donors (Lipinski definition) is 2. The van der Waals surface area contributed by atoms with Gasteiger partial charge >= 0.3 is 0 Å². The maximum absolute atomic E-state index is 14.1. The predicted octanol–water partition coefficient (Wildman–Crippen LogP) is 3.59. The number of amides is 1. The van der Waals surface area contributed by atoms with Gasteiger partial charge in [0, 0.05) is 41.4 Å². The number of aliphatic hydroxyl groups excluding tert-OH is 1. The van der Waals surface area contributed by atoms with Gasteiger partial charge in [-0.05, 0) is 66.3 Å². The zero-order chi connectivity index (χ0) is 26.4. The molecule has 4 aromatic rings. The Morgan fingerprint density at radius 2 is 1.95 bits per heavy atom. The minimum Gasteiger partial charge on any atom is -0.392 e. The molecule has 192 valence electrons. The molecular formula is C30H29N5O3. The average molecular weight is 508 g/mol. The van der Waals surface area contributed by atoms with Gasteiger partial charge in [-0.1, -0.05) is 30.8 Å². The average Bonchev–Trinajstić information content (AvgIpc) is 3.75. The van der Waals surface area contributed by atoms with E-state index in [2.05, 4.69) is 34.7 Å². The number of carbonyl (C=O) groups is 1. The second-order valence-corrected chi connectivity index (χ2v) is 10.2. The summed E-state index contributed by atoms with van der Waals surface area (Å²) in [7, 11) is 0. The van der Waals surface area contributed by atoms with Gasteiger partial charge in [0.15, 0.2) is 0 Å². The molecule has 8 heteroatoms. The van der Waals surface area contributed by atoms with E-state index in [1.54, 1.807) is 15.5 Å². The molecule has 2 aromatic carbocycles. The van der Waals surface area contributed by atoms with Gasteiger partial charge in [0.05, 0.1) is 18.0 Å². The lowest BCUT2D eigenvalue weighted by molar-refractivity contribution is -0.132. The molecule has 2 aliphatic rings. The van der Waals surface area contributed by atoms with Crippen LogP contribution in [0.2, 0.25) is 0 Å². The molecule has 0 bridgehead atoms. The second-order valence-electron chi connectivity index (χ2n) is 10.2. The number of nitrogens with zero attached hydrogens (tertiary/aromatic N) is 4. The summed E-state index contributed by atoms with van der Waals surface area (Å²) in [5, 5.41) is 12.1. The molecule has 2 aromatic heterocycles. The molecule has 0 atom stereocenters. The Kier molecular flexibility index (Phi) is 6.04. The van der Waals surface area contributed by atoms with E-state index in [0.717, 1.165) is 11.1 Å². The SMILES string of the molecule is C=CC(=O)N1CC(Cc2cc3cc(C4CC4)ccc3c(=O)n2-c2cccc(-c3cc(N)ncn3)c2CO)C1. The molecule has 3 N–H and O–H groups in total. The first-order valence-electron chi connectivity index (χ1n) is 12.9. The van der Waals surface area contributed by atoms with Crippen molar-refractivity contribution < 1.29 is 9.90 Å². The highest BCUT2D eigenvalue weighted by Crippen LogP contribution is 2.41. The van der Waals surface area contributed by atoms with E-state index in [4.69, 9.17) is 5.73 Å². The Morgan fingerprint density at radius 3 is 2.66 bits per heavy atom. The maximum Gasteiger partial charge on any atom is 0.263 e. The quantitative estimate of drug-likeness (QED) is 0.370. The monoisotopic (exact) mass is 507 g/mol. The second kappa shape index (κ2) is 9.54. The van der Waals surface area contributed by atoms with Crippen molar-refractivity contribution in [1.29, 1.82) is 0 Å². The van der Waals surface area contributed by atoms with Crippen molar-refractivity contribution in [2.75, 3.05) is 18.8 Å². The van der Waals surface area contributed by atoms with Crippen LogP contribution in [0.3, 0.4) is 0 Å². The normalized spacial score (nSPS) is 15.4. The van der Waals surface area contributed by atoms with E-state index < -0.39 is 0 Å². The van der Waals surface area contributed by atoms with Crippen LogP contribution in [-0.2, 0) is 17.8 Å². The Bertz CT molecular complexity index is 1630. The van der Waals surface area contributed by atoms with Gasteiger partial charge in [-0.3, -0.25) is 14.2 Å². The number of nitrogens with two attached hydrogens (primary N) is 1. The third-order valence-electron chi connectivity index (χ3n) is 7.62. The molecule has 3 heterocycles. The zero-order valence-corrected chi connectivity index (χ0v) is 21.0. The van der Waals surface area contributed by atoms with E-state index in [1.807, 2.05) is 24.3 Å². The van der Waals surface area contributed by atoms with Crippen molar-refractivity contribution >= 4 is 22.5 Å². The summed E-state index contributed by atoms with van der Waals surface area (Å²) in [6, 6.07) is 15.4. The summed E-state index contributed by atoms with van der Waals surface area (Å²) in [5.41, 5.74) is 10.3. The lowest BCUT2D eigenvalue weighted by Gasteiger charge is -2.39. The molecule has 1 saturated carbocycles. The summed E-state index contributed by atoms with van der Waals surface area (Å²) in [4.78, 5) is 36.2. The topological polar surface area (TPSA) is 114 Å². The first-order valence-corrected chi connectivity index (χ1v) is 12.9. The number of fused-ring (bicyclic) bond motifs is 1. The van der Waals surface area contributed by atoms with Crippen LogP contribution >= 0.6 is 0 Å². The summed E-state index contributed by atoms with van der Waals surface area (Å²) >= 11 is 0. The predicted molar refractivity (Wildman–Crippen MR) is 147 cm³/mol. The number of aliphatic hydroxyl groups is 1. The number of hydrogen-bond acceptors (Lipinski definition) is 6. The largest absolute Gasteiger partial charge is 0.392 e. The standard InChI is InChI=1S/C30H29N5O3/c1-2-29(37)34-14-18(15-34)10-22-12-21-11-20(19-6-7-19)8-9-23(21)30(38)35(22)27-5-3-4-24(25(27)16-36)26-13-28(31)33-17-32-26/h2-5,8-9,11-13,17-19,36H,1,6-7,10,14-16H2,(H2,31,32,33). The molecule has 38 heavy (non-hydrogen) atoms. The third-order valence-corrected chi connectivity index (χ3v) is 7.62. The van der Waals surface area contributed by atoms with Crippen molar-refractivity contribution in [3.8, 4) is 16.9 Å². The minimum atomic E-state index is -0.287. The highest BCUT2D eigenvalue weighted by Gasteiger charge is 2.31. The van der Waals surface area contributed by atoms with Gasteiger partial charge in [0.1, 0.15) is 12.1 Å². The van der Waals surface area contributed by atoms with E-state index in [-0.39, 0.29) is 24.0 Å². The summed E-state index contributed by atoms with van der Waals surface area (Å²) in [6.07, 6.45) is 5.71. The van der Waals surface area contributed by atoms with E-state index in [0.29, 0.717) is 59.1 Å². The fourth-order valence-electron chi connectivity index (χ4n) is 5.49. The minimum absolute atomic E-state index is 0.0781. The zero-order valence-electron chi connectivity index (χ0n) is 21.0. The van der Waals surface area contributed by atoms with Gasteiger partial charge in [-0.2, -0.15) is 0 Å². The molecule has 2 fully saturated rings. The van der Waals surface area contributed by atoms with Gasteiger partial charge < -0.3 is 15.7 Å². The lowest BCUT2D eigenvalue weighted by atomic mass is 9.92. The fourth-order valence-corrected chi connectivity index (χ4v) is 5.49. The van der Waals surface area contributed by atoms with Crippen LogP contribution in [0.25, 0.3) is 27.7 Å². The molecule has 8 nitrogen and oxygen atoms in total. The Labute approximate surface area is 220 Å². The molecule has 1 amide bonds. The van der Waals surface area contributed by atoms with E-state index in [9.17, 15) is 14.7 Å². The number of benzene rings is 2. The molecule has 1 aliphatic carbocycles. The van der Waals surface area contributed by atoms with Gasteiger partial charge in [-0.15, -0.1) is 0 Å². The summed E-state index contributed by atoms with van der Waals surface area (Å²) < 4.78 is 1.72. The number of rotatable bonds is 7.